The van der Waals surface area contributed by atoms with Gasteiger partial charge in [-0.25, -0.2) is 0 Å². The van der Waals surface area contributed by atoms with E-state index in [4.69, 9.17) is 9.47 Å². The zero-order chi connectivity index (χ0) is 24.3. The molecule has 6 heteroatoms. The van der Waals surface area contributed by atoms with Crippen LogP contribution in [0.1, 0.15) is 56.0 Å². The van der Waals surface area contributed by atoms with Gasteiger partial charge in [-0.2, -0.15) is 0 Å². The zero-order valence-electron chi connectivity index (χ0n) is 20.3. The second-order valence-corrected chi connectivity index (χ2v) is 9.29. The average molecular weight is 452 g/mol. The smallest absolute Gasteiger partial charge is 0.295 e. The third-order valence-corrected chi connectivity index (χ3v) is 5.79. The number of aliphatic hydroxyl groups excluding tert-OH is 1. The summed E-state index contributed by atoms with van der Waals surface area (Å²) in [5, 5.41) is 11.4. The topological polar surface area (TPSA) is 76.1 Å². The molecule has 33 heavy (non-hydrogen) atoms. The number of nitrogens with zero attached hydrogens (tertiary/aromatic N) is 1. The molecule has 3 rings (SSSR count). The van der Waals surface area contributed by atoms with E-state index in [1.54, 1.807) is 13.2 Å². The van der Waals surface area contributed by atoms with E-state index in [9.17, 15) is 14.7 Å². The Labute approximate surface area is 195 Å². The number of amides is 1. The van der Waals surface area contributed by atoms with Crippen LogP contribution >= 0.6 is 0 Å². The maximum absolute atomic E-state index is 13.1. The van der Waals surface area contributed by atoms with E-state index < -0.39 is 17.7 Å². The molecule has 0 aromatic heterocycles. The van der Waals surface area contributed by atoms with Crippen molar-refractivity contribution in [2.75, 3.05) is 26.9 Å². The minimum Gasteiger partial charge on any atom is -0.507 e. The highest BCUT2D eigenvalue weighted by Gasteiger charge is 2.46. The van der Waals surface area contributed by atoms with Crippen molar-refractivity contribution in [3.63, 3.8) is 0 Å². The SMILES string of the molecule is CCOc1ccc(/C(O)=C2/C(=O)C(=O)N(CCOC)C2c2cccc(C)c2)cc1C(C)(C)C. The molecule has 2 aromatic carbocycles. The van der Waals surface area contributed by atoms with Gasteiger partial charge in [-0.15, -0.1) is 0 Å². The second kappa shape index (κ2) is 9.79. The number of ether oxygens (including phenoxy) is 2. The molecule has 1 N–H and O–H groups in total. The predicted molar refractivity (Wildman–Crippen MR) is 128 cm³/mol. The summed E-state index contributed by atoms with van der Waals surface area (Å²) in [5.41, 5.74) is 3.00. The molecule has 1 fully saturated rings. The number of hydrogen-bond donors (Lipinski definition) is 1. The summed E-state index contributed by atoms with van der Waals surface area (Å²) in [6.07, 6.45) is 0. The summed E-state index contributed by atoms with van der Waals surface area (Å²) in [6, 6.07) is 12.3. The molecule has 0 radical (unpaired) electrons. The van der Waals surface area contributed by atoms with Crippen LogP contribution in [0.5, 0.6) is 5.75 Å². The van der Waals surface area contributed by atoms with Gasteiger partial charge in [0.1, 0.15) is 11.5 Å². The standard InChI is InChI=1S/C27H33NO5/c1-7-33-21-12-11-19(16-20(21)27(3,4)5)24(29)22-23(18-10-8-9-17(2)15-18)28(13-14-32-6)26(31)25(22)30/h8-12,15-16,23,29H,7,13-14H2,1-6H3/b24-22-. The normalized spacial score (nSPS) is 18.1. The lowest BCUT2D eigenvalue weighted by atomic mass is 9.84. The lowest BCUT2D eigenvalue weighted by molar-refractivity contribution is -0.140. The summed E-state index contributed by atoms with van der Waals surface area (Å²) >= 11 is 0. The lowest BCUT2D eigenvalue weighted by Crippen LogP contribution is -2.32. The lowest BCUT2D eigenvalue weighted by Gasteiger charge is -2.26. The van der Waals surface area contributed by atoms with Gasteiger partial charge in [-0.3, -0.25) is 9.59 Å². The minimum absolute atomic E-state index is 0.0886. The first-order valence-corrected chi connectivity index (χ1v) is 11.2. The number of aryl methyl sites for hydroxylation is 1. The third-order valence-electron chi connectivity index (χ3n) is 5.79. The van der Waals surface area contributed by atoms with Gasteiger partial charge in [-0.05, 0) is 43.0 Å². The van der Waals surface area contributed by atoms with E-state index in [0.717, 1.165) is 22.4 Å². The number of Topliss-reactive ketones (excluding diaryl/α,β-unsaturated/α-hetero) is 1. The fourth-order valence-corrected chi connectivity index (χ4v) is 4.19. The number of benzene rings is 2. The van der Waals surface area contributed by atoms with Crippen LogP contribution in [0.3, 0.4) is 0 Å². The largest absolute Gasteiger partial charge is 0.507 e. The van der Waals surface area contributed by atoms with Crippen LogP contribution in [-0.4, -0.2) is 48.6 Å². The average Bonchev–Trinajstić information content (AvgIpc) is 3.01. The van der Waals surface area contributed by atoms with Crippen LogP contribution in [0, 0.1) is 6.92 Å². The highest BCUT2D eigenvalue weighted by molar-refractivity contribution is 6.46. The summed E-state index contributed by atoms with van der Waals surface area (Å²) in [6.45, 7) is 11.1. The maximum atomic E-state index is 13.1. The second-order valence-electron chi connectivity index (χ2n) is 9.29. The molecule has 0 spiro atoms. The Morgan fingerprint density at radius 3 is 2.45 bits per heavy atom. The van der Waals surface area contributed by atoms with Crippen LogP contribution in [-0.2, 0) is 19.7 Å². The monoisotopic (exact) mass is 451 g/mol. The van der Waals surface area contributed by atoms with Crippen molar-refractivity contribution >= 4 is 17.4 Å². The van der Waals surface area contributed by atoms with Crippen molar-refractivity contribution in [3.05, 3.63) is 70.3 Å². The van der Waals surface area contributed by atoms with Crippen LogP contribution in [0.25, 0.3) is 5.76 Å². The van der Waals surface area contributed by atoms with E-state index >= 15 is 0 Å². The molecule has 0 bridgehead atoms. The van der Waals surface area contributed by atoms with Gasteiger partial charge in [0.15, 0.2) is 0 Å². The van der Waals surface area contributed by atoms with Crippen molar-refractivity contribution in [3.8, 4) is 5.75 Å². The van der Waals surface area contributed by atoms with Gasteiger partial charge < -0.3 is 19.5 Å². The highest BCUT2D eigenvalue weighted by Crippen LogP contribution is 2.41. The molecule has 0 saturated carbocycles. The molecule has 6 nitrogen and oxygen atoms in total. The first kappa shape index (κ1) is 24.5. The van der Waals surface area contributed by atoms with Gasteiger partial charge in [0.25, 0.3) is 11.7 Å². The van der Waals surface area contributed by atoms with Gasteiger partial charge >= 0.3 is 0 Å². The fourth-order valence-electron chi connectivity index (χ4n) is 4.19. The molecular formula is C27H33NO5. The number of rotatable bonds is 7. The Morgan fingerprint density at radius 1 is 1.12 bits per heavy atom. The number of aliphatic hydroxyl groups is 1. The molecule has 1 atom stereocenters. The van der Waals surface area contributed by atoms with Crippen molar-refractivity contribution in [1.82, 2.24) is 4.90 Å². The van der Waals surface area contributed by atoms with Crippen molar-refractivity contribution in [2.45, 2.75) is 46.1 Å². The number of hydrogen-bond acceptors (Lipinski definition) is 5. The highest BCUT2D eigenvalue weighted by atomic mass is 16.5. The van der Waals surface area contributed by atoms with Gasteiger partial charge in [0.05, 0.1) is 24.8 Å². The van der Waals surface area contributed by atoms with Crippen LogP contribution in [0.2, 0.25) is 0 Å². The summed E-state index contributed by atoms with van der Waals surface area (Å²) in [7, 11) is 1.55. The molecule has 176 valence electrons. The Kier molecular flexibility index (Phi) is 7.28. The third kappa shape index (κ3) is 4.96. The van der Waals surface area contributed by atoms with E-state index in [-0.39, 0.29) is 29.9 Å². The zero-order valence-corrected chi connectivity index (χ0v) is 20.3. The molecule has 1 aliphatic rings. The van der Waals surface area contributed by atoms with E-state index in [1.807, 2.05) is 50.2 Å². The van der Waals surface area contributed by atoms with Gasteiger partial charge in [0.2, 0.25) is 0 Å². The predicted octanol–water partition coefficient (Wildman–Crippen LogP) is 4.76. The van der Waals surface area contributed by atoms with Gasteiger partial charge in [0, 0.05) is 24.8 Å². The minimum atomic E-state index is -0.693. The maximum Gasteiger partial charge on any atom is 0.295 e. The Bertz CT molecular complexity index is 1080. The quantitative estimate of drug-likeness (QED) is 0.373. The first-order chi connectivity index (χ1) is 15.6. The van der Waals surface area contributed by atoms with Crippen LogP contribution in [0.15, 0.2) is 48.0 Å². The summed E-state index contributed by atoms with van der Waals surface area (Å²) in [4.78, 5) is 27.6. The van der Waals surface area contributed by atoms with Crippen molar-refractivity contribution < 1.29 is 24.2 Å². The van der Waals surface area contributed by atoms with Crippen molar-refractivity contribution in [1.29, 1.82) is 0 Å². The molecular weight excluding hydrogens is 418 g/mol. The molecule has 2 aromatic rings. The fraction of sp³-hybridized carbons (Fsp3) is 0.407. The number of carbonyl (C=O) groups is 2. The molecule has 1 amide bonds. The molecule has 1 heterocycles. The van der Waals surface area contributed by atoms with E-state index in [2.05, 4.69) is 20.8 Å². The van der Waals surface area contributed by atoms with Crippen LogP contribution in [0.4, 0.5) is 0 Å². The molecule has 1 saturated heterocycles. The molecule has 1 aliphatic heterocycles. The van der Waals surface area contributed by atoms with E-state index in [0.29, 0.717) is 12.2 Å². The van der Waals surface area contributed by atoms with Crippen LogP contribution < -0.4 is 4.74 Å². The number of ketones is 1. The molecule has 1 unspecified atom stereocenters. The summed E-state index contributed by atoms with van der Waals surface area (Å²) < 4.78 is 11.0. The number of methoxy groups -OCH3 is 1. The Balaban J connectivity index is 2.21. The van der Waals surface area contributed by atoms with Crippen molar-refractivity contribution in [2.24, 2.45) is 0 Å². The Morgan fingerprint density at radius 2 is 1.85 bits per heavy atom. The Hall–Kier alpha value is -3.12. The van der Waals surface area contributed by atoms with Gasteiger partial charge in [-0.1, -0.05) is 50.6 Å². The summed E-state index contributed by atoms with van der Waals surface area (Å²) in [5.74, 6) is -0.783. The number of carbonyl (C=O) groups excluding carboxylic acids is 2. The number of likely N-dealkylation sites (tertiary alicyclic amines) is 1. The molecule has 0 aliphatic carbocycles. The van der Waals surface area contributed by atoms with E-state index in [1.165, 1.54) is 4.90 Å². The first-order valence-electron chi connectivity index (χ1n) is 11.2.